The second-order valence-electron chi connectivity index (χ2n) is 7.42. The van der Waals surface area contributed by atoms with Crippen molar-refractivity contribution in [3.63, 3.8) is 0 Å². The van der Waals surface area contributed by atoms with E-state index in [1.54, 1.807) is 11.8 Å². The van der Waals surface area contributed by atoms with E-state index in [4.69, 9.17) is 9.47 Å². The number of carbonyl (C=O) groups excluding carboxylic acids is 2. The van der Waals surface area contributed by atoms with Crippen molar-refractivity contribution in [1.29, 1.82) is 0 Å². The highest BCUT2D eigenvalue weighted by atomic mass is 16.6. The number of hydrogen-bond acceptors (Lipinski definition) is 4. The molecule has 0 saturated carbocycles. The Morgan fingerprint density at radius 3 is 2.36 bits per heavy atom. The summed E-state index contributed by atoms with van der Waals surface area (Å²) in [6.07, 6.45) is -0.0115. The third kappa shape index (κ3) is 4.91. The third-order valence-corrected chi connectivity index (χ3v) is 5.00. The van der Waals surface area contributed by atoms with Gasteiger partial charge in [0.25, 0.3) is 5.91 Å². The zero-order valence-electron chi connectivity index (χ0n) is 16.7. The molecule has 148 valence electrons. The predicted octanol–water partition coefficient (Wildman–Crippen LogP) is 3.71. The molecule has 28 heavy (non-hydrogen) atoms. The van der Waals surface area contributed by atoms with Gasteiger partial charge < -0.3 is 14.4 Å². The van der Waals surface area contributed by atoms with E-state index in [0.717, 1.165) is 12.0 Å². The van der Waals surface area contributed by atoms with Gasteiger partial charge in [-0.2, -0.15) is 0 Å². The molecule has 0 bridgehead atoms. The molecule has 0 unspecified atom stereocenters. The Hall–Kier alpha value is -2.82. The number of amides is 1. The molecule has 1 aliphatic rings. The average Bonchev–Trinajstić information content (AvgIpc) is 2.71. The summed E-state index contributed by atoms with van der Waals surface area (Å²) in [6, 6.07) is 15.7. The molecule has 0 aromatic heterocycles. The number of hydrogen-bond donors (Lipinski definition) is 0. The average molecular weight is 381 g/mol. The number of fused-ring (bicyclic) bond motifs is 1. The first-order chi connectivity index (χ1) is 13.4. The van der Waals surface area contributed by atoms with Crippen LogP contribution in [0.3, 0.4) is 0 Å². The molecule has 1 aliphatic heterocycles. The summed E-state index contributed by atoms with van der Waals surface area (Å²) < 4.78 is 10.8. The summed E-state index contributed by atoms with van der Waals surface area (Å²) >= 11 is 0. The summed E-state index contributed by atoms with van der Waals surface area (Å²) in [5.74, 6) is 0.316. The molecule has 0 radical (unpaired) electrons. The maximum absolute atomic E-state index is 12.6. The van der Waals surface area contributed by atoms with Crippen LogP contribution in [0.4, 0.5) is 0 Å². The maximum atomic E-state index is 12.6. The molecular formula is C23H27NO4. The Morgan fingerprint density at radius 1 is 1.00 bits per heavy atom. The molecule has 5 nitrogen and oxygen atoms in total. The van der Waals surface area contributed by atoms with E-state index in [9.17, 15) is 9.59 Å². The van der Waals surface area contributed by atoms with Crippen LogP contribution in [0.1, 0.15) is 43.4 Å². The van der Waals surface area contributed by atoms with E-state index in [1.165, 1.54) is 11.1 Å². The van der Waals surface area contributed by atoms with Crippen molar-refractivity contribution >= 4 is 11.9 Å². The highest BCUT2D eigenvalue weighted by Gasteiger charge is 2.27. The molecule has 5 heteroatoms. The van der Waals surface area contributed by atoms with Gasteiger partial charge in [0.2, 0.25) is 0 Å². The van der Waals surface area contributed by atoms with Crippen molar-refractivity contribution in [2.24, 2.45) is 0 Å². The van der Waals surface area contributed by atoms with Gasteiger partial charge >= 0.3 is 5.97 Å². The Balaban J connectivity index is 1.48. The van der Waals surface area contributed by atoms with Gasteiger partial charge in [0, 0.05) is 13.1 Å². The van der Waals surface area contributed by atoms with Gasteiger partial charge in [-0.05, 0) is 48.1 Å². The lowest BCUT2D eigenvalue weighted by atomic mass is 9.99. The second-order valence-corrected chi connectivity index (χ2v) is 7.42. The third-order valence-electron chi connectivity index (χ3n) is 5.00. The number of benzene rings is 2. The molecule has 3 rings (SSSR count). The van der Waals surface area contributed by atoms with Crippen LogP contribution in [0, 0.1) is 0 Å². The fraction of sp³-hybridized carbons (Fsp3) is 0.391. The molecule has 1 heterocycles. The lowest BCUT2D eigenvalue weighted by Gasteiger charge is -2.30. The lowest BCUT2D eigenvalue weighted by Crippen LogP contribution is -2.43. The molecule has 0 aliphatic carbocycles. The molecular weight excluding hydrogens is 354 g/mol. The van der Waals surface area contributed by atoms with E-state index >= 15 is 0 Å². The first-order valence-electron chi connectivity index (χ1n) is 9.72. The van der Waals surface area contributed by atoms with Crippen LogP contribution in [0.15, 0.2) is 48.5 Å². The zero-order valence-corrected chi connectivity index (χ0v) is 16.7. The van der Waals surface area contributed by atoms with Crippen LogP contribution < -0.4 is 4.74 Å². The van der Waals surface area contributed by atoms with Crippen molar-refractivity contribution in [2.75, 3.05) is 13.2 Å². The number of rotatable bonds is 6. The van der Waals surface area contributed by atoms with Crippen LogP contribution in [0.5, 0.6) is 5.75 Å². The van der Waals surface area contributed by atoms with Crippen LogP contribution in [-0.2, 0) is 27.3 Å². The Bertz CT molecular complexity index is 829. The zero-order chi connectivity index (χ0) is 20.1. The fourth-order valence-corrected chi connectivity index (χ4v) is 3.31. The standard InChI is InChI=1S/C23H27NO4/c1-16(2)18-8-10-21(11-9-18)27-15-22(25)28-17(3)23(26)24-13-12-19-6-4-5-7-20(19)14-24/h4-11,16-17H,12-15H2,1-3H3/t17-/m1/s1. The van der Waals surface area contributed by atoms with Gasteiger partial charge in [-0.3, -0.25) is 4.79 Å². The van der Waals surface area contributed by atoms with E-state index in [0.29, 0.717) is 24.8 Å². The lowest BCUT2D eigenvalue weighted by molar-refractivity contribution is -0.161. The van der Waals surface area contributed by atoms with Crippen LogP contribution >= 0.6 is 0 Å². The van der Waals surface area contributed by atoms with Crippen molar-refractivity contribution in [3.8, 4) is 5.75 Å². The van der Waals surface area contributed by atoms with Crippen LogP contribution in [0.2, 0.25) is 0 Å². The summed E-state index contributed by atoms with van der Waals surface area (Å²) in [7, 11) is 0. The summed E-state index contributed by atoms with van der Waals surface area (Å²) in [4.78, 5) is 26.4. The van der Waals surface area contributed by atoms with Crippen LogP contribution in [0.25, 0.3) is 0 Å². The normalized spacial score (nSPS) is 14.4. The van der Waals surface area contributed by atoms with Crippen molar-refractivity contribution < 1.29 is 19.1 Å². The quantitative estimate of drug-likeness (QED) is 0.716. The van der Waals surface area contributed by atoms with E-state index < -0.39 is 12.1 Å². The van der Waals surface area contributed by atoms with Gasteiger partial charge in [-0.25, -0.2) is 4.79 Å². The molecule has 0 N–H and O–H groups in total. The van der Waals surface area contributed by atoms with Gasteiger partial charge in [0.1, 0.15) is 5.75 Å². The molecule has 0 saturated heterocycles. The van der Waals surface area contributed by atoms with Crippen molar-refractivity contribution in [2.45, 2.75) is 45.8 Å². The Kier molecular flexibility index (Phi) is 6.34. The van der Waals surface area contributed by atoms with Gasteiger partial charge in [-0.15, -0.1) is 0 Å². The van der Waals surface area contributed by atoms with Gasteiger partial charge in [0.15, 0.2) is 12.7 Å². The van der Waals surface area contributed by atoms with Gasteiger partial charge in [-0.1, -0.05) is 50.2 Å². The summed E-state index contributed by atoms with van der Waals surface area (Å²) in [5, 5.41) is 0. The van der Waals surface area contributed by atoms with Crippen molar-refractivity contribution in [1.82, 2.24) is 4.90 Å². The number of esters is 1. The molecule has 1 atom stereocenters. The minimum Gasteiger partial charge on any atom is -0.482 e. The largest absolute Gasteiger partial charge is 0.482 e. The van der Waals surface area contributed by atoms with E-state index in [1.807, 2.05) is 42.5 Å². The maximum Gasteiger partial charge on any atom is 0.344 e. The molecule has 1 amide bonds. The monoisotopic (exact) mass is 381 g/mol. The molecule has 2 aromatic rings. The molecule has 0 spiro atoms. The SMILES string of the molecule is CC(C)c1ccc(OCC(=O)O[C@H](C)C(=O)N2CCc3ccccc3C2)cc1. The topological polar surface area (TPSA) is 55.8 Å². The van der Waals surface area contributed by atoms with E-state index in [-0.39, 0.29) is 12.5 Å². The van der Waals surface area contributed by atoms with Gasteiger partial charge in [0.05, 0.1) is 0 Å². The first-order valence-corrected chi connectivity index (χ1v) is 9.72. The van der Waals surface area contributed by atoms with E-state index in [2.05, 4.69) is 19.9 Å². The number of ether oxygens (including phenoxy) is 2. The smallest absolute Gasteiger partial charge is 0.344 e. The second kappa shape index (κ2) is 8.91. The van der Waals surface area contributed by atoms with Crippen molar-refractivity contribution in [3.05, 3.63) is 65.2 Å². The highest BCUT2D eigenvalue weighted by molar-refractivity contribution is 5.84. The highest BCUT2D eigenvalue weighted by Crippen LogP contribution is 2.20. The number of nitrogens with zero attached hydrogens (tertiary/aromatic N) is 1. The van der Waals surface area contributed by atoms with Crippen LogP contribution in [-0.4, -0.2) is 36.0 Å². The summed E-state index contributed by atoms with van der Waals surface area (Å²) in [6.45, 7) is 6.81. The minimum absolute atomic E-state index is 0.177. The number of carbonyl (C=O) groups is 2. The Labute approximate surface area is 166 Å². The summed E-state index contributed by atoms with van der Waals surface area (Å²) in [5.41, 5.74) is 3.62. The Morgan fingerprint density at radius 2 is 1.68 bits per heavy atom. The molecule has 2 aromatic carbocycles. The fourth-order valence-electron chi connectivity index (χ4n) is 3.31. The molecule has 0 fully saturated rings. The predicted molar refractivity (Wildman–Crippen MR) is 107 cm³/mol. The first kappa shape index (κ1) is 19.9. The minimum atomic E-state index is -0.829.